The fourth-order valence-corrected chi connectivity index (χ4v) is 0.885. The second-order valence-corrected chi connectivity index (χ2v) is 2.43. The quantitative estimate of drug-likeness (QED) is 0.730. The lowest BCUT2D eigenvalue weighted by Crippen LogP contribution is -2.13. The number of nitrogens with two attached hydrogens (primary N) is 1. The van der Waals surface area contributed by atoms with Crippen molar-refractivity contribution < 1.29 is 13.2 Å². The zero-order valence-electron chi connectivity index (χ0n) is 6.23. The van der Waals surface area contributed by atoms with Crippen LogP contribution >= 0.6 is 0 Å². The van der Waals surface area contributed by atoms with Crippen LogP contribution in [-0.4, -0.2) is 6.67 Å². The van der Waals surface area contributed by atoms with Crippen LogP contribution in [0.25, 0.3) is 0 Å². The third kappa shape index (κ3) is 1.76. The van der Waals surface area contributed by atoms with E-state index in [9.17, 15) is 13.2 Å². The molecule has 1 rings (SSSR count). The molecular formula is C8H8F3N. The molecule has 1 unspecified atom stereocenters. The van der Waals surface area contributed by atoms with E-state index in [1.807, 2.05) is 0 Å². The fourth-order valence-electron chi connectivity index (χ4n) is 0.885. The summed E-state index contributed by atoms with van der Waals surface area (Å²) in [7, 11) is 0. The van der Waals surface area contributed by atoms with E-state index in [0.29, 0.717) is 6.07 Å². The standard InChI is InChI=1S/C8H8F3N/c9-4-8(12)6-2-1-5(10)3-7(6)11/h1-3,8H,4,12H2. The Hall–Kier alpha value is -1.03. The van der Waals surface area contributed by atoms with Crippen molar-refractivity contribution in [2.24, 2.45) is 5.73 Å². The van der Waals surface area contributed by atoms with Gasteiger partial charge in [-0.05, 0) is 6.07 Å². The second-order valence-electron chi connectivity index (χ2n) is 2.43. The van der Waals surface area contributed by atoms with Gasteiger partial charge in [-0.3, -0.25) is 0 Å². The molecule has 0 aromatic heterocycles. The topological polar surface area (TPSA) is 26.0 Å². The van der Waals surface area contributed by atoms with Gasteiger partial charge in [0.25, 0.3) is 0 Å². The van der Waals surface area contributed by atoms with Crippen LogP contribution < -0.4 is 5.73 Å². The van der Waals surface area contributed by atoms with Crippen molar-refractivity contribution >= 4 is 0 Å². The van der Waals surface area contributed by atoms with Crippen LogP contribution in [0.5, 0.6) is 0 Å². The lowest BCUT2D eigenvalue weighted by atomic mass is 10.1. The molecule has 4 heteroatoms. The molecule has 1 nitrogen and oxygen atoms in total. The maximum Gasteiger partial charge on any atom is 0.130 e. The maximum absolute atomic E-state index is 12.8. The molecule has 0 spiro atoms. The molecule has 0 amide bonds. The monoisotopic (exact) mass is 175 g/mol. The highest BCUT2D eigenvalue weighted by atomic mass is 19.1. The summed E-state index contributed by atoms with van der Waals surface area (Å²) in [6.45, 7) is -0.859. The van der Waals surface area contributed by atoms with Gasteiger partial charge in [-0.1, -0.05) is 6.07 Å². The summed E-state index contributed by atoms with van der Waals surface area (Å²) >= 11 is 0. The van der Waals surface area contributed by atoms with Crippen molar-refractivity contribution in [1.82, 2.24) is 0 Å². The van der Waals surface area contributed by atoms with Gasteiger partial charge in [0.2, 0.25) is 0 Å². The van der Waals surface area contributed by atoms with Crippen molar-refractivity contribution in [3.05, 3.63) is 35.4 Å². The third-order valence-electron chi connectivity index (χ3n) is 1.53. The molecule has 2 N–H and O–H groups in total. The molecule has 12 heavy (non-hydrogen) atoms. The Labute approximate surface area is 68.0 Å². The largest absolute Gasteiger partial charge is 0.322 e. The first-order valence-electron chi connectivity index (χ1n) is 3.41. The molecule has 1 atom stereocenters. The van der Waals surface area contributed by atoms with Crippen LogP contribution in [0.15, 0.2) is 18.2 Å². The summed E-state index contributed by atoms with van der Waals surface area (Å²) in [6, 6.07) is 1.87. The SMILES string of the molecule is NC(CF)c1ccc(F)cc1F. The van der Waals surface area contributed by atoms with Crippen molar-refractivity contribution in [2.75, 3.05) is 6.67 Å². The molecule has 0 fully saturated rings. The van der Waals surface area contributed by atoms with Gasteiger partial charge in [-0.2, -0.15) is 0 Å². The van der Waals surface area contributed by atoms with E-state index in [2.05, 4.69) is 0 Å². The van der Waals surface area contributed by atoms with E-state index in [-0.39, 0.29) is 5.56 Å². The van der Waals surface area contributed by atoms with Gasteiger partial charge in [0.05, 0.1) is 6.04 Å². The van der Waals surface area contributed by atoms with Crippen LogP contribution in [0.1, 0.15) is 11.6 Å². The van der Waals surface area contributed by atoms with Crippen molar-refractivity contribution in [2.45, 2.75) is 6.04 Å². The molecule has 0 aliphatic heterocycles. The maximum atomic E-state index is 12.8. The minimum absolute atomic E-state index is 0.00102. The predicted octanol–water partition coefficient (Wildman–Crippen LogP) is 1.93. The van der Waals surface area contributed by atoms with E-state index < -0.39 is 24.4 Å². The predicted molar refractivity (Wildman–Crippen MR) is 39.3 cm³/mol. The first-order valence-corrected chi connectivity index (χ1v) is 3.41. The minimum Gasteiger partial charge on any atom is -0.322 e. The zero-order valence-corrected chi connectivity index (χ0v) is 6.23. The second kappa shape index (κ2) is 3.58. The molecule has 0 bridgehead atoms. The van der Waals surface area contributed by atoms with E-state index >= 15 is 0 Å². The molecule has 0 heterocycles. The van der Waals surface area contributed by atoms with Crippen LogP contribution in [-0.2, 0) is 0 Å². The first-order chi connectivity index (χ1) is 5.65. The molecular weight excluding hydrogens is 167 g/mol. The molecule has 0 radical (unpaired) electrons. The summed E-state index contributed by atoms with van der Waals surface area (Å²) in [5.41, 5.74) is 5.21. The number of benzene rings is 1. The molecule has 0 aliphatic rings. The normalized spacial score (nSPS) is 13.0. The summed E-state index contributed by atoms with van der Waals surface area (Å²) in [4.78, 5) is 0. The van der Waals surface area contributed by atoms with Gasteiger partial charge in [0.15, 0.2) is 0 Å². The van der Waals surface area contributed by atoms with Gasteiger partial charge >= 0.3 is 0 Å². The van der Waals surface area contributed by atoms with Gasteiger partial charge < -0.3 is 5.73 Å². The first kappa shape index (κ1) is 9.06. The number of hydrogen-bond donors (Lipinski definition) is 1. The van der Waals surface area contributed by atoms with Crippen molar-refractivity contribution in [3.8, 4) is 0 Å². The van der Waals surface area contributed by atoms with Gasteiger partial charge in [-0.25, -0.2) is 13.2 Å². The Balaban J connectivity index is 3.01. The van der Waals surface area contributed by atoms with Crippen LogP contribution in [0.4, 0.5) is 13.2 Å². The molecule has 0 aliphatic carbocycles. The molecule has 66 valence electrons. The number of hydrogen-bond acceptors (Lipinski definition) is 1. The van der Waals surface area contributed by atoms with Crippen LogP contribution in [0, 0.1) is 11.6 Å². The summed E-state index contributed by atoms with van der Waals surface area (Å²) in [5.74, 6) is -1.50. The highest BCUT2D eigenvalue weighted by Gasteiger charge is 2.10. The van der Waals surface area contributed by atoms with Gasteiger partial charge in [0, 0.05) is 11.6 Å². The van der Waals surface area contributed by atoms with Crippen molar-refractivity contribution in [3.63, 3.8) is 0 Å². The van der Waals surface area contributed by atoms with Crippen molar-refractivity contribution in [1.29, 1.82) is 0 Å². The summed E-state index contributed by atoms with van der Waals surface area (Å²) in [5, 5.41) is 0. The van der Waals surface area contributed by atoms with Crippen LogP contribution in [0.3, 0.4) is 0 Å². The van der Waals surface area contributed by atoms with Gasteiger partial charge in [0.1, 0.15) is 18.3 Å². The highest BCUT2D eigenvalue weighted by Crippen LogP contribution is 2.16. The van der Waals surface area contributed by atoms with Gasteiger partial charge in [-0.15, -0.1) is 0 Å². The Bertz CT molecular complexity index is 275. The third-order valence-corrected chi connectivity index (χ3v) is 1.53. The summed E-state index contributed by atoms with van der Waals surface area (Å²) < 4.78 is 37.1. The van der Waals surface area contributed by atoms with E-state index in [1.54, 1.807) is 0 Å². The lowest BCUT2D eigenvalue weighted by Gasteiger charge is -2.07. The Morgan fingerprint density at radius 2 is 2.00 bits per heavy atom. The Morgan fingerprint density at radius 3 is 2.50 bits per heavy atom. The Kier molecular flexibility index (Phi) is 2.70. The average Bonchev–Trinajstić information content (AvgIpc) is 2.03. The van der Waals surface area contributed by atoms with E-state index in [4.69, 9.17) is 5.73 Å². The van der Waals surface area contributed by atoms with Crippen LogP contribution in [0.2, 0.25) is 0 Å². The van der Waals surface area contributed by atoms with E-state index in [0.717, 1.165) is 12.1 Å². The number of halogens is 3. The lowest BCUT2D eigenvalue weighted by molar-refractivity contribution is 0.425. The zero-order chi connectivity index (χ0) is 9.14. The minimum atomic E-state index is -1.01. The number of rotatable bonds is 2. The molecule has 1 aromatic rings. The Morgan fingerprint density at radius 1 is 1.33 bits per heavy atom. The smallest absolute Gasteiger partial charge is 0.130 e. The molecule has 0 saturated carbocycles. The van der Waals surface area contributed by atoms with E-state index in [1.165, 1.54) is 0 Å². The fraction of sp³-hybridized carbons (Fsp3) is 0.250. The molecule has 1 aromatic carbocycles. The average molecular weight is 175 g/mol. The molecule has 0 saturated heterocycles. The number of alkyl halides is 1. The highest BCUT2D eigenvalue weighted by molar-refractivity contribution is 5.21. The summed E-state index contributed by atoms with van der Waals surface area (Å²) in [6.07, 6.45) is 0.